The highest BCUT2D eigenvalue weighted by molar-refractivity contribution is 14.0. The molecule has 0 spiro atoms. The molecule has 6 nitrogen and oxygen atoms in total. The van der Waals surface area contributed by atoms with Crippen LogP contribution >= 0.6 is 24.0 Å². The van der Waals surface area contributed by atoms with E-state index in [1.165, 1.54) is 5.56 Å². The van der Waals surface area contributed by atoms with E-state index in [2.05, 4.69) is 64.7 Å². The topological polar surface area (TPSA) is 58.1 Å². The highest BCUT2D eigenvalue weighted by Gasteiger charge is 2.17. The molecule has 0 fully saturated rings. The van der Waals surface area contributed by atoms with Crippen LogP contribution < -0.4 is 10.6 Å². The van der Waals surface area contributed by atoms with Crippen LogP contribution in [-0.4, -0.2) is 71.0 Å². The number of nitrogens with one attached hydrogen (secondary N) is 2. The maximum atomic E-state index is 5.47. The average Bonchev–Trinajstić information content (AvgIpc) is 2.69. The number of hydrogen-bond acceptors (Lipinski definition) is 4. The number of benzene rings is 1. The second kappa shape index (κ2) is 17.2. The Kier molecular flexibility index (Phi) is 16.6. The van der Waals surface area contributed by atoms with Crippen LogP contribution in [0.25, 0.3) is 0 Å². The van der Waals surface area contributed by atoms with E-state index in [1.807, 2.05) is 0 Å². The Balaban J connectivity index is 0.00000676. The summed E-state index contributed by atoms with van der Waals surface area (Å²) in [5.74, 6) is 0.829. The largest absolute Gasteiger partial charge is 0.382 e. The molecule has 1 aromatic carbocycles. The Morgan fingerprint density at radius 2 is 1.78 bits per heavy atom. The molecule has 0 aliphatic carbocycles. The molecule has 0 bridgehead atoms. The van der Waals surface area contributed by atoms with E-state index in [1.54, 1.807) is 14.2 Å². The van der Waals surface area contributed by atoms with E-state index >= 15 is 0 Å². The van der Waals surface area contributed by atoms with Gasteiger partial charge in [0.1, 0.15) is 0 Å². The highest BCUT2D eigenvalue weighted by Crippen LogP contribution is 2.19. The van der Waals surface area contributed by atoms with Crippen molar-refractivity contribution in [3.63, 3.8) is 0 Å². The zero-order chi connectivity index (χ0) is 19.0. The van der Waals surface area contributed by atoms with Crippen LogP contribution in [0.2, 0.25) is 0 Å². The van der Waals surface area contributed by atoms with Crippen molar-refractivity contribution < 1.29 is 9.47 Å². The predicted octanol–water partition coefficient (Wildman–Crippen LogP) is 2.91. The van der Waals surface area contributed by atoms with Crippen molar-refractivity contribution >= 4 is 29.9 Å². The minimum Gasteiger partial charge on any atom is -0.382 e. The molecule has 1 unspecified atom stereocenters. The van der Waals surface area contributed by atoms with Gasteiger partial charge in [0, 0.05) is 33.9 Å². The van der Waals surface area contributed by atoms with Gasteiger partial charge in [0.25, 0.3) is 0 Å². The number of rotatable bonds is 13. The fraction of sp³-hybridized carbons (Fsp3) is 0.650. The van der Waals surface area contributed by atoms with Crippen LogP contribution in [0.5, 0.6) is 0 Å². The van der Waals surface area contributed by atoms with Gasteiger partial charge in [-0.2, -0.15) is 0 Å². The number of hydrogen-bond donors (Lipinski definition) is 2. The first-order valence-corrected chi connectivity index (χ1v) is 9.56. The molecule has 156 valence electrons. The minimum absolute atomic E-state index is 0. The second-order valence-electron chi connectivity index (χ2n) is 5.99. The summed E-state index contributed by atoms with van der Waals surface area (Å²) in [4.78, 5) is 6.78. The first-order chi connectivity index (χ1) is 12.8. The molecule has 0 aliphatic rings. The third kappa shape index (κ3) is 10.9. The van der Waals surface area contributed by atoms with Gasteiger partial charge < -0.3 is 20.1 Å². The Morgan fingerprint density at radius 1 is 1.07 bits per heavy atom. The van der Waals surface area contributed by atoms with Crippen LogP contribution in [0.3, 0.4) is 0 Å². The number of guanidine groups is 1. The van der Waals surface area contributed by atoms with Crippen molar-refractivity contribution in [2.24, 2.45) is 4.99 Å². The van der Waals surface area contributed by atoms with Gasteiger partial charge in [0.05, 0.1) is 19.3 Å². The van der Waals surface area contributed by atoms with E-state index in [4.69, 9.17) is 9.47 Å². The Bertz CT molecular complexity index is 484. The van der Waals surface area contributed by atoms with Crippen LogP contribution in [-0.2, 0) is 9.47 Å². The summed E-state index contributed by atoms with van der Waals surface area (Å²) >= 11 is 0. The SMILES string of the molecule is CCN(CC)C(CNC(=NC)NCCCOCCOC)c1ccccc1.I. The zero-order valence-electron chi connectivity index (χ0n) is 17.2. The van der Waals surface area contributed by atoms with Gasteiger partial charge in [0.15, 0.2) is 5.96 Å². The summed E-state index contributed by atoms with van der Waals surface area (Å²) in [5.41, 5.74) is 1.32. The maximum Gasteiger partial charge on any atom is 0.191 e. The molecule has 2 N–H and O–H groups in total. The van der Waals surface area contributed by atoms with Gasteiger partial charge in [0.2, 0.25) is 0 Å². The smallest absolute Gasteiger partial charge is 0.191 e. The number of nitrogens with zero attached hydrogens (tertiary/aromatic N) is 2. The van der Waals surface area contributed by atoms with Gasteiger partial charge in [-0.1, -0.05) is 44.2 Å². The van der Waals surface area contributed by atoms with Crippen molar-refractivity contribution in [2.75, 3.05) is 60.2 Å². The molecule has 1 atom stereocenters. The molecule has 0 aromatic heterocycles. The zero-order valence-corrected chi connectivity index (χ0v) is 19.6. The van der Waals surface area contributed by atoms with Crippen LogP contribution in [0.15, 0.2) is 35.3 Å². The lowest BCUT2D eigenvalue weighted by Crippen LogP contribution is -2.43. The number of methoxy groups -OCH3 is 1. The van der Waals surface area contributed by atoms with Crippen LogP contribution in [0.1, 0.15) is 31.9 Å². The van der Waals surface area contributed by atoms with Crippen molar-refractivity contribution in [1.82, 2.24) is 15.5 Å². The molecule has 0 amide bonds. The first kappa shape index (κ1) is 26.1. The average molecular weight is 492 g/mol. The lowest BCUT2D eigenvalue weighted by atomic mass is 10.1. The molecule has 0 heterocycles. The summed E-state index contributed by atoms with van der Waals surface area (Å²) < 4.78 is 10.4. The molecule has 0 radical (unpaired) electrons. The summed E-state index contributed by atoms with van der Waals surface area (Å²) in [6.07, 6.45) is 0.933. The molecule has 0 aliphatic heterocycles. The molecule has 1 rings (SSSR count). The van der Waals surface area contributed by atoms with E-state index in [-0.39, 0.29) is 24.0 Å². The Hall–Kier alpha value is -0.900. The van der Waals surface area contributed by atoms with Crippen molar-refractivity contribution in [1.29, 1.82) is 0 Å². The third-order valence-corrected chi connectivity index (χ3v) is 4.31. The molecule has 27 heavy (non-hydrogen) atoms. The summed E-state index contributed by atoms with van der Waals surface area (Å²) in [6.45, 7) is 10.1. The minimum atomic E-state index is 0. The molecule has 1 aromatic rings. The maximum absolute atomic E-state index is 5.47. The second-order valence-corrected chi connectivity index (χ2v) is 5.99. The predicted molar refractivity (Wildman–Crippen MR) is 124 cm³/mol. The summed E-state index contributed by atoms with van der Waals surface area (Å²) in [7, 11) is 3.49. The number of aliphatic imine (C=N–C) groups is 1. The highest BCUT2D eigenvalue weighted by atomic mass is 127. The van der Waals surface area contributed by atoms with E-state index < -0.39 is 0 Å². The fourth-order valence-corrected chi connectivity index (χ4v) is 2.84. The molecule has 0 saturated heterocycles. The number of halogens is 1. The van der Waals surface area contributed by atoms with Gasteiger partial charge in [-0.3, -0.25) is 9.89 Å². The van der Waals surface area contributed by atoms with Crippen LogP contribution in [0, 0.1) is 0 Å². The Labute approximate surface area is 182 Å². The molecule has 7 heteroatoms. The van der Waals surface area contributed by atoms with E-state index in [0.717, 1.165) is 45.2 Å². The van der Waals surface area contributed by atoms with E-state index in [0.29, 0.717) is 19.3 Å². The normalized spacial score (nSPS) is 12.6. The lowest BCUT2D eigenvalue weighted by molar-refractivity contribution is 0.0698. The van der Waals surface area contributed by atoms with Gasteiger partial charge in [-0.15, -0.1) is 24.0 Å². The fourth-order valence-electron chi connectivity index (χ4n) is 2.84. The number of ether oxygens (including phenoxy) is 2. The third-order valence-electron chi connectivity index (χ3n) is 4.31. The van der Waals surface area contributed by atoms with Gasteiger partial charge in [-0.05, 0) is 25.1 Å². The van der Waals surface area contributed by atoms with E-state index in [9.17, 15) is 0 Å². The summed E-state index contributed by atoms with van der Waals surface area (Å²) in [5, 5.41) is 6.82. The Morgan fingerprint density at radius 3 is 2.37 bits per heavy atom. The first-order valence-electron chi connectivity index (χ1n) is 9.56. The number of likely N-dealkylation sites (N-methyl/N-ethyl adjacent to an activating group) is 1. The molecule has 0 saturated carbocycles. The van der Waals surface area contributed by atoms with Crippen molar-refractivity contribution in [3.05, 3.63) is 35.9 Å². The molecular weight excluding hydrogens is 455 g/mol. The molecular formula is C20H37IN4O2. The standard InChI is InChI=1S/C20H36N4O2.HI/c1-5-24(6-2)19(18-11-8-7-9-12-18)17-23-20(21-3)22-13-10-14-26-16-15-25-4;/h7-9,11-12,19H,5-6,10,13-17H2,1-4H3,(H2,21,22,23);1H. The van der Waals surface area contributed by atoms with Gasteiger partial charge >= 0.3 is 0 Å². The van der Waals surface area contributed by atoms with Crippen molar-refractivity contribution in [3.8, 4) is 0 Å². The van der Waals surface area contributed by atoms with Crippen molar-refractivity contribution in [2.45, 2.75) is 26.3 Å². The quantitative estimate of drug-likeness (QED) is 0.192. The van der Waals surface area contributed by atoms with Gasteiger partial charge in [-0.25, -0.2) is 0 Å². The van der Waals surface area contributed by atoms with Crippen LogP contribution in [0.4, 0.5) is 0 Å². The monoisotopic (exact) mass is 492 g/mol. The summed E-state index contributed by atoms with van der Waals surface area (Å²) in [6, 6.07) is 11.0. The lowest BCUT2D eigenvalue weighted by Gasteiger charge is -2.30.